The van der Waals surface area contributed by atoms with E-state index in [4.69, 9.17) is 14.9 Å². The Morgan fingerprint density at radius 2 is 1.39 bits per heavy atom. The van der Waals surface area contributed by atoms with E-state index in [2.05, 4.69) is 12.2 Å². The Labute approximate surface area is 169 Å². The van der Waals surface area contributed by atoms with Crippen molar-refractivity contribution >= 4 is 17.9 Å². The highest BCUT2D eigenvalue weighted by atomic mass is 16.5. The van der Waals surface area contributed by atoms with Crippen LogP contribution in [0.15, 0.2) is 12.2 Å². The Balaban J connectivity index is 3.79. The number of unbranched alkanes of at least 4 members (excludes halogenated alkanes) is 6. The molecule has 28 heavy (non-hydrogen) atoms. The van der Waals surface area contributed by atoms with Gasteiger partial charge in [0.25, 0.3) is 0 Å². The molecule has 0 aromatic carbocycles. The van der Waals surface area contributed by atoms with Crippen molar-refractivity contribution < 1.29 is 33.8 Å². The van der Waals surface area contributed by atoms with Crippen LogP contribution in [0.25, 0.3) is 0 Å². The van der Waals surface area contributed by atoms with Gasteiger partial charge in [0.2, 0.25) is 0 Å². The number of aliphatic carboxylic acids is 2. The second kappa shape index (κ2) is 15.1. The van der Waals surface area contributed by atoms with Crippen molar-refractivity contribution in [3.05, 3.63) is 12.2 Å². The maximum Gasteiger partial charge on any atom is 0.307 e. The van der Waals surface area contributed by atoms with Gasteiger partial charge in [0, 0.05) is 12.8 Å². The number of ether oxygens (including phenoxy) is 1. The van der Waals surface area contributed by atoms with Crippen molar-refractivity contribution in [1.82, 2.24) is 0 Å². The van der Waals surface area contributed by atoms with Gasteiger partial charge in [-0.2, -0.15) is 0 Å². The molecule has 0 aliphatic rings. The van der Waals surface area contributed by atoms with Crippen molar-refractivity contribution in [3.8, 4) is 0 Å². The van der Waals surface area contributed by atoms with E-state index < -0.39 is 18.0 Å². The zero-order valence-electron chi connectivity index (χ0n) is 17.7. The summed E-state index contributed by atoms with van der Waals surface area (Å²) in [5, 5.41) is 17.5. The number of esters is 1. The molecule has 0 aromatic heterocycles. The van der Waals surface area contributed by atoms with Crippen LogP contribution in [0.2, 0.25) is 0 Å². The van der Waals surface area contributed by atoms with E-state index in [1.165, 1.54) is 0 Å². The predicted molar refractivity (Wildman–Crippen MR) is 108 cm³/mol. The lowest BCUT2D eigenvalue weighted by molar-refractivity contribution is -0.873. The standard InChI is InChI=1S/C21H37NO6/c1-22(2,3)17-18(16-20(25)26)28-21(27)15-13-11-9-7-5-4-6-8-10-12-14-19(23)24/h7,9,18H,4-6,8,10-17H2,1-3H3,(H-,23,24,25,26)/p+1/b9-7-. The number of hydrogen-bond acceptors (Lipinski definition) is 4. The monoisotopic (exact) mass is 400 g/mol. The third-order valence-corrected chi connectivity index (χ3v) is 4.13. The fourth-order valence-electron chi connectivity index (χ4n) is 2.86. The Bertz CT molecular complexity index is 496. The molecule has 0 radical (unpaired) electrons. The number of allylic oxidation sites excluding steroid dienone is 2. The molecule has 0 amide bonds. The van der Waals surface area contributed by atoms with Gasteiger partial charge in [0.05, 0.1) is 27.6 Å². The Morgan fingerprint density at radius 1 is 0.821 bits per heavy atom. The first kappa shape index (κ1) is 26.1. The lowest BCUT2D eigenvalue weighted by Gasteiger charge is -2.28. The molecule has 0 spiro atoms. The van der Waals surface area contributed by atoms with Crippen molar-refractivity contribution in [3.63, 3.8) is 0 Å². The van der Waals surface area contributed by atoms with Crippen LogP contribution in [-0.4, -0.2) is 66.4 Å². The number of quaternary nitrogens is 1. The molecule has 0 fully saturated rings. The molecular formula is C21H38NO6+. The van der Waals surface area contributed by atoms with Crippen LogP contribution in [0.3, 0.4) is 0 Å². The van der Waals surface area contributed by atoms with Gasteiger partial charge in [-0.1, -0.05) is 31.4 Å². The third kappa shape index (κ3) is 18.9. The smallest absolute Gasteiger partial charge is 0.307 e. The molecular weight excluding hydrogens is 362 g/mol. The van der Waals surface area contributed by atoms with Crippen LogP contribution in [0.5, 0.6) is 0 Å². The molecule has 1 unspecified atom stereocenters. The summed E-state index contributed by atoms with van der Waals surface area (Å²) in [7, 11) is 5.80. The second-order valence-electron chi connectivity index (χ2n) is 8.25. The zero-order chi connectivity index (χ0) is 21.4. The molecule has 0 rings (SSSR count). The van der Waals surface area contributed by atoms with E-state index in [0.29, 0.717) is 23.9 Å². The first-order chi connectivity index (χ1) is 13.1. The fraction of sp³-hybridized carbons (Fsp3) is 0.762. The van der Waals surface area contributed by atoms with E-state index in [9.17, 15) is 14.4 Å². The van der Waals surface area contributed by atoms with E-state index in [1.54, 1.807) is 0 Å². The molecule has 0 aliphatic heterocycles. The summed E-state index contributed by atoms with van der Waals surface area (Å²) in [5.74, 6) is -2.02. The van der Waals surface area contributed by atoms with E-state index >= 15 is 0 Å². The number of carbonyl (C=O) groups excluding carboxylic acids is 1. The molecule has 7 nitrogen and oxygen atoms in total. The summed E-state index contributed by atoms with van der Waals surface area (Å²) in [5.41, 5.74) is 0. The maximum absolute atomic E-state index is 11.9. The summed E-state index contributed by atoms with van der Waals surface area (Å²) < 4.78 is 5.88. The van der Waals surface area contributed by atoms with Gasteiger partial charge in [-0.3, -0.25) is 14.4 Å². The van der Waals surface area contributed by atoms with Gasteiger partial charge in [-0.15, -0.1) is 0 Å². The average molecular weight is 401 g/mol. The average Bonchev–Trinajstić information content (AvgIpc) is 2.53. The minimum absolute atomic E-state index is 0.169. The molecule has 0 aromatic rings. The number of hydrogen-bond donors (Lipinski definition) is 2. The second-order valence-corrected chi connectivity index (χ2v) is 8.25. The summed E-state index contributed by atoms with van der Waals surface area (Å²) in [6.07, 6.45) is 11.4. The molecule has 0 saturated heterocycles. The van der Waals surface area contributed by atoms with E-state index in [-0.39, 0.29) is 18.8 Å². The Kier molecular flexibility index (Phi) is 14.1. The van der Waals surface area contributed by atoms with Crippen LogP contribution in [0.4, 0.5) is 0 Å². The van der Waals surface area contributed by atoms with Crippen molar-refractivity contribution in [2.24, 2.45) is 0 Å². The van der Waals surface area contributed by atoms with Gasteiger partial charge in [0.15, 0.2) is 6.10 Å². The molecule has 0 aliphatic carbocycles. The maximum atomic E-state index is 11.9. The zero-order valence-corrected chi connectivity index (χ0v) is 17.7. The quantitative estimate of drug-likeness (QED) is 0.167. The van der Waals surface area contributed by atoms with Crippen LogP contribution in [0, 0.1) is 0 Å². The summed E-state index contributed by atoms with van der Waals surface area (Å²) >= 11 is 0. The highest BCUT2D eigenvalue weighted by Crippen LogP contribution is 2.10. The number of carbonyl (C=O) groups is 3. The van der Waals surface area contributed by atoms with Gasteiger partial charge in [-0.05, 0) is 32.1 Å². The topological polar surface area (TPSA) is 101 Å². The van der Waals surface area contributed by atoms with Crippen molar-refractivity contribution in [1.29, 1.82) is 0 Å². The molecule has 0 saturated carbocycles. The molecule has 162 valence electrons. The van der Waals surface area contributed by atoms with E-state index in [0.717, 1.165) is 44.9 Å². The van der Waals surface area contributed by atoms with Gasteiger partial charge < -0.3 is 19.4 Å². The molecule has 0 bridgehead atoms. The number of carboxylic acid groups (broad SMARTS) is 2. The Hall–Kier alpha value is -1.89. The molecule has 1 atom stereocenters. The highest BCUT2D eigenvalue weighted by molar-refractivity contribution is 5.71. The molecule has 7 heteroatoms. The van der Waals surface area contributed by atoms with Gasteiger partial charge in [0.1, 0.15) is 6.54 Å². The van der Waals surface area contributed by atoms with Crippen LogP contribution in [0.1, 0.15) is 70.6 Å². The molecule has 2 N–H and O–H groups in total. The SMILES string of the molecule is C[N+](C)(C)CC(CC(=O)O)OC(=O)CCC/C=C\CCCCCCCC(=O)O. The van der Waals surface area contributed by atoms with E-state index in [1.807, 2.05) is 21.1 Å². The summed E-state index contributed by atoms with van der Waals surface area (Å²) in [6.45, 7) is 0.467. The largest absolute Gasteiger partial charge is 0.481 e. The number of carboxylic acids is 2. The minimum atomic E-state index is -0.962. The normalized spacial score (nSPS) is 12.8. The van der Waals surface area contributed by atoms with Crippen molar-refractivity contribution in [2.75, 3.05) is 27.7 Å². The first-order valence-electron chi connectivity index (χ1n) is 10.2. The molecule has 0 heterocycles. The lowest BCUT2D eigenvalue weighted by Crippen LogP contribution is -2.43. The fourth-order valence-corrected chi connectivity index (χ4v) is 2.86. The Morgan fingerprint density at radius 3 is 1.96 bits per heavy atom. The number of nitrogens with zero attached hydrogens (tertiary/aromatic N) is 1. The highest BCUT2D eigenvalue weighted by Gasteiger charge is 2.24. The lowest BCUT2D eigenvalue weighted by atomic mass is 10.1. The van der Waals surface area contributed by atoms with Gasteiger partial charge >= 0.3 is 17.9 Å². The number of likely N-dealkylation sites (N-methyl/N-ethyl adjacent to an activating group) is 1. The summed E-state index contributed by atoms with van der Waals surface area (Å²) in [6, 6.07) is 0. The number of rotatable bonds is 17. The predicted octanol–water partition coefficient (Wildman–Crippen LogP) is 3.62. The minimum Gasteiger partial charge on any atom is -0.481 e. The van der Waals surface area contributed by atoms with Crippen molar-refractivity contribution in [2.45, 2.75) is 76.7 Å². The first-order valence-corrected chi connectivity index (χ1v) is 10.2. The van der Waals surface area contributed by atoms with Crippen LogP contribution in [-0.2, 0) is 19.1 Å². The van der Waals surface area contributed by atoms with Crippen LogP contribution >= 0.6 is 0 Å². The third-order valence-electron chi connectivity index (χ3n) is 4.13. The summed E-state index contributed by atoms with van der Waals surface area (Å²) in [4.78, 5) is 33.3. The van der Waals surface area contributed by atoms with Gasteiger partial charge in [-0.25, -0.2) is 0 Å². The van der Waals surface area contributed by atoms with Crippen LogP contribution < -0.4 is 0 Å².